The van der Waals surface area contributed by atoms with Gasteiger partial charge in [0.2, 0.25) is 0 Å². The summed E-state index contributed by atoms with van der Waals surface area (Å²) < 4.78 is 5.28. The quantitative estimate of drug-likeness (QED) is 0.831. The van der Waals surface area contributed by atoms with E-state index in [1.807, 2.05) is 0 Å². The summed E-state index contributed by atoms with van der Waals surface area (Å²) in [7, 11) is 1.72. The summed E-state index contributed by atoms with van der Waals surface area (Å²) in [5, 5.41) is 3.45. The summed E-state index contributed by atoms with van der Waals surface area (Å²) >= 11 is 0. The minimum absolute atomic E-state index is 0.470. The predicted octanol–water partition coefficient (Wildman–Crippen LogP) is 1.98. The number of nitrogens with zero attached hydrogens (tertiary/aromatic N) is 2. The highest BCUT2D eigenvalue weighted by Crippen LogP contribution is 2.24. The average molecular weight is 291 g/mol. The van der Waals surface area contributed by atoms with Gasteiger partial charge < -0.3 is 15.0 Å². The van der Waals surface area contributed by atoms with Gasteiger partial charge in [0.25, 0.3) is 0 Å². The highest BCUT2D eigenvalue weighted by Gasteiger charge is 2.23. The van der Waals surface area contributed by atoms with Gasteiger partial charge in [-0.1, -0.05) is 26.0 Å². The van der Waals surface area contributed by atoms with Crippen LogP contribution >= 0.6 is 0 Å². The van der Waals surface area contributed by atoms with Crippen molar-refractivity contribution in [1.29, 1.82) is 0 Å². The molecular weight excluding hydrogens is 262 g/mol. The van der Waals surface area contributed by atoms with E-state index in [-0.39, 0.29) is 0 Å². The van der Waals surface area contributed by atoms with Crippen LogP contribution in [0.15, 0.2) is 24.3 Å². The molecule has 1 fully saturated rings. The first-order valence-corrected chi connectivity index (χ1v) is 8.09. The average Bonchev–Trinajstić information content (AvgIpc) is 2.57. The van der Waals surface area contributed by atoms with Crippen molar-refractivity contribution in [2.75, 3.05) is 52.9 Å². The summed E-state index contributed by atoms with van der Waals surface area (Å²) in [6.45, 7) is 12.2. The monoisotopic (exact) mass is 291 g/mol. The van der Waals surface area contributed by atoms with Gasteiger partial charge in [-0.25, -0.2) is 0 Å². The largest absolute Gasteiger partial charge is 0.497 e. The summed E-state index contributed by atoms with van der Waals surface area (Å²) in [4.78, 5) is 5.12. The molecule has 4 nitrogen and oxygen atoms in total. The molecule has 0 amide bonds. The maximum absolute atomic E-state index is 5.28. The van der Waals surface area contributed by atoms with Crippen LogP contribution in [0, 0.1) is 0 Å². The van der Waals surface area contributed by atoms with Gasteiger partial charge in [-0.2, -0.15) is 0 Å². The van der Waals surface area contributed by atoms with E-state index >= 15 is 0 Å². The van der Waals surface area contributed by atoms with Crippen LogP contribution in [0.3, 0.4) is 0 Å². The van der Waals surface area contributed by atoms with Gasteiger partial charge in [-0.3, -0.25) is 4.90 Å². The fraction of sp³-hybridized carbons (Fsp3) is 0.647. The van der Waals surface area contributed by atoms with Crippen molar-refractivity contribution >= 4 is 0 Å². The van der Waals surface area contributed by atoms with Gasteiger partial charge in [0, 0.05) is 38.8 Å². The molecule has 1 heterocycles. The molecule has 0 aromatic heterocycles. The van der Waals surface area contributed by atoms with E-state index in [2.05, 4.69) is 53.2 Å². The molecule has 0 spiro atoms. The Morgan fingerprint density at radius 2 is 1.76 bits per heavy atom. The third-order valence-corrected chi connectivity index (χ3v) is 4.42. The Hall–Kier alpha value is -1.10. The van der Waals surface area contributed by atoms with Crippen LogP contribution in [-0.2, 0) is 0 Å². The van der Waals surface area contributed by atoms with Crippen molar-refractivity contribution in [3.8, 4) is 5.75 Å². The standard InChI is InChI=1S/C17H29N3O/c1-4-19(5-2)14-17(20-12-10-18-11-13-20)15-6-8-16(21-3)9-7-15/h6-9,17-18H,4-5,10-14H2,1-3H3. The zero-order chi connectivity index (χ0) is 15.1. The first-order chi connectivity index (χ1) is 10.3. The number of rotatable bonds is 7. The summed E-state index contributed by atoms with van der Waals surface area (Å²) in [6, 6.07) is 9.06. The summed E-state index contributed by atoms with van der Waals surface area (Å²) in [6.07, 6.45) is 0. The van der Waals surface area contributed by atoms with Crippen molar-refractivity contribution in [3.63, 3.8) is 0 Å². The molecule has 0 aliphatic carbocycles. The molecule has 1 atom stereocenters. The van der Waals surface area contributed by atoms with Crippen LogP contribution in [0.1, 0.15) is 25.5 Å². The second-order valence-corrected chi connectivity index (χ2v) is 5.56. The first kappa shape index (κ1) is 16.3. The van der Waals surface area contributed by atoms with Crippen LogP contribution in [-0.4, -0.2) is 62.7 Å². The van der Waals surface area contributed by atoms with E-state index in [9.17, 15) is 0 Å². The number of hydrogen-bond donors (Lipinski definition) is 1. The van der Waals surface area contributed by atoms with Crippen LogP contribution in [0.5, 0.6) is 5.75 Å². The van der Waals surface area contributed by atoms with E-state index in [4.69, 9.17) is 4.74 Å². The topological polar surface area (TPSA) is 27.7 Å². The second-order valence-electron chi connectivity index (χ2n) is 5.56. The molecule has 1 aliphatic rings. The Bertz CT molecular complexity index is 397. The molecule has 1 saturated heterocycles. The Morgan fingerprint density at radius 1 is 1.14 bits per heavy atom. The molecule has 1 aromatic carbocycles. The molecule has 0 saturated carbocycles. The van der Waals surface area contributed by atoms with E-state index < -0.39 is 0 Å². The third kappa shape index (κ3) is 4.43. The fourth-order valence-corrected chi connectivity index (χ4v) is 2.98. The molecule has 1 unspecified atom stereocenters. The van der Waals surface area contributed by atoms with Crippen molar-refractivity contribution in [1.82, 2.24) is 15.1 Å². The van der Waals surface area contributed by atoms with Crippen molar-refractivity contribution < 1.29 is 4.74 Å². The molecule has 1 aliphatic heterocycles. The maximum atomic E-state index is 5.28. The highest BCUT2D eigenvalue weighted by atomic mass is 16.5. The molecule has 21 heavy (non-hydrogen) atoms. The van der Waals surface area contributed by atoms with Crippen molar-refractivity contribution in [2.24, 2.45) is 0 Å². The van der Waals surface area contributed by atoms with E-state index in [0.29, 0.717) is 6.04 Å². The zero-order valence-corrected chi connectivity index (χ0v) is 13.6. The van der Waals surface area contributed by atoms with Crippen LogP contribution in [0.25, 0.3) is 0 Å². The number of likely N-dealkylation sites (N-methyl/N-ethyl adjacent to an activating group) is 1. The van der Waals surface area contributed by atoms with Gasteiger partial charge in [-0.15, -0.1) is 0 Å². The Kier molecular flexibility index (Phi) is 6.49. The second kappa shape index (κ2) is 8.37. The van der Waals surface area contributed by atoms with Gasteiger partial charge >= 0.3 is 0 Å². The Balaban J connectivity index is 2.16. The molecule has 1 aromatic rings. The smallest absolute Gasteiger partial charge is 0.118 e. The Labute approximate surface area is 129 Å². The van der Waals surface area contributed by atoms with Gasteiger partial charge in [-0.05, 0) is 30.8 Å². The van der Waals surface area contributed by atoms with Crippen molar-refractivity contribution in [2.45, 2.75) is 19.9 Å². The van der Waals surface area contributed by atoms with Crippen LogP contribution in [0.4, 0.5) is 0 Å². The van der Waals surface area contributed by atoms with E-state index in [0.717, 1.165) is 51.6 Å². The molecule has 1 N–H and O–H groups in total. The van der Waals surface area contributed by atoms with Crippen LogP contribution in [0.2, 0.25) is 0 Å². The highest BCUT2D eigenvalue weighted by molar-refractivity contribution is 5.29. The SMILES string of the molecule is CCN(CC)CC(c1ccc(OC)cc1)N1CCNCC1. The third-order valence-electron chi connectivity index (χ3n) is 4.42. The van der Waals surface area contributed by atoms with E-state index in [1.54, 1.807) is 7.11 Å². The molecule has 2 rings (SSSR count). The molecular formula is C17H29N3O. The number of piperazine rings is 1. The van der Waals surface area contributed by atoms with E-state index in [1.165, 1.54) is 5.56 Å². The minimum Gasteiger partial charge on any atom is -0.497 e. The first-order valence-electron chi connectivity index (χ1n) is 8.09. The molecule has 0 bridgehead atoms. The number of benzene rings is 1. The number of hydrogen-bond acceptors (Lipinski definition) is 4. The Morgan fingerprint density at radius 3 is 2.29 bits per heavy atom. The zero-order valence-electron chi connectivity index (χ0n) is 13.6. The molecule has 118 valence electrons. The minimum atomic E-state index is 0.470. The lowest BCUT2D eigenvalue weighted by molar-refractivity contribution is 0.129. The predicted molar refractivity (Wildman–Crippen MR) is 88.0 cm³/mol. The number of methoxy groups -OCH3 is 1. The fourth-order valence-electron chi connectivity index (χ4n) is 2.98. The lowest BCUT2D eigenvalue weighted by Gasteiger charge is -2.37. The normalized spacial score (nSPS) is 17.9. The van der Waals surface area contributed by atoms with Gasteiger partial charge in [0.15, 0.2) is 0 Å². The lowest BCUT2D eigenvalue weighted by Crippen LogP contribution is -2.48. The molecule has 4 heteroatoms. The van der Waals surface area contributed by atoms with Gasteiger partial charge in [0.05, 0.1) is 7.11 Å². The lowest BCUT2D eigenvalue weighted by atomic mass is 10.0. The number of nitrogens with one attached hydrogen (secondary N) is 1. The van der Waals surface area contributed by atoms with Crippen molar-refractivity contribution in [3.05, 3.63) is 29.8 Å². The summed E-state index contributed by atoms with van der Waals surface area (Å²) in [5.41, 5.74) is 1.39. The molecule has 0 radical (unpaired) electrons. The van der Waals surface area contributed by atoms with Crippen LogP contribution < -0.4 is 10.1 Å². The maximum Gasteiger partial charge on any atom is 0.118 e. The number of ether oxygens (including phenoxy) is 1. The summed E-state index contributed by atoms with van der Waals surface area (Å²) in [5.74, 6) is 0.931. The van der Waals surface area contributed by atoms with Gasteiger partial charge in [0.1, 0.15) is 5.75 Å².